The maximum Gasteiger partial charge on any atom is 0.329 e. The van der Waals surface area contributed by atoms with Crippen molar-refractivity contribution in [3.63, 3.8) is 0 Å². The van der Waals surface area contributed by atoms with Crippen molar-refractivity contribution in [2.45, 2.75) is 203 Å². The SMILES string of the molecule is CCC(C)CCCCCCCCCCC(=O)NC1C(=O)NC(CC(=O)O)C(=O)NC(C(O)CC(N)=O)C(=O)NC(CO)C(=O)N(C)C(CC(N)=O)C(=O)N(C)C(Cc2ccccc2)C(=O)NC(CCC(N)=O)C(=O)NC(CCC(=O)O)C(=O)OC1C. The zero-order chi connectivity index (χ0) is 64.8. The van der Waals surface area contributed by atoms with Gasteiger partial charge in [-0.2, -0.15) is 0 Å². The summed E-state index contributed by atoms with van der Waals surface area (Å²) >= 11 is 0. The van der Waals surface area contributed by atoms with Crippen LogP contribution < -0.4 is 49.1 Å². The lowest BCUT2D eigenvalue weighted by molar-refractivity contribution is -0.156. The summed E-state index contributed by atoms with van der Waals surface area (Å²) in [6.45, 7) is 4.14. The molecule has 1 saturated heterocycles. The molecule has 1 aromatic carbocycles. The number of nitrogens with zero attached hydrogens (tertiary/aromatic N) is 2. The van der Waals surface area contributed by atoms with E-state index in [1.54, 1.807) is 30.3 Å². The van der Waals surface area contributed by atoms with Gasteiger partial charge >= 0.3 is 17.9 Å². The Labute approximate surface area is 498 Å². The van der Waals surface area contributed by atoms with Gasteiger partial charge in [0.25, 0.3) is 0 Å². The molecule has 1 aromatic rings. The van der Waals surface area contributed by atoms with Gasteiger partial charge in [0, 0.05) is 39.8 Å². The van der Waals surface area contributed by atoms with Crippen LogP contribution >= 0.6 is 0 Å². The number of aliphatic carboxylic acids is 2. The molecule has 1 aliphatic rings. The molecule has 480 valence electrons. The summed E-state index contributed by atoms with van der Waals surface area (Å²) in [6.07, 6.45) is -1.64. The van der Waals surface area contributed by atoms with Gasteiger partial charge in [-0.3, -0.25) is 62.3 Å². The zero-order valence-electron chi connectivity index (χ0n) is 49.4. The van der Waals surface area contributed by atoms with Crippen molar-refractivity contribution in [1.29, 1.82) is 0 Å². The van der Waals surface area contributed by atoms with Crippen LogP contribution in [0.1, 0.15) is 142 Å². The van der Waals surface area contributed by atoms with Gasteiger partial charge in [0.05, 0.1) is 32.0 Å². The van der Waals surface area contributed by atoms with Gasteiger partial charge in [-0.25, -0.2) is 4.79 Å². The van der Waals surface area contributed by atoms with Crippen LogP contribution in [0.4, 0.5) is 0 Å². The first kappa shape index (κ1) is 73.8. The second kappa shape index (κ2) is 37.9. The summed E-state index contributed by atoms with van der Waals surface area (Å²) in [5.41, 5.74) is 16.7. The Bertz CT molecular complexity index is 2520. The lowest BCUT2D eigenvalue weighted by Gasteiger charge is -2.36. The van der Waals surface area contributed by atoms with Crippen molar-refractivity contribution in [1.82, 2.24) is 41.7 Å². The number of carboxylic acid groups (broad SMARTS) is 2. The molecule has 1 aliphatic heterocycles. The minimum atomic E-state index is -2.37. The maximum absolute atomic E-state index is 14.6. The molecule has 11 atom stereocenters. The van der Waals surface area contributed by atoms with Crippen LogP contribution in [-0.4, -0.2) is 194 Å². The Hall–Kier alpha value is -8.28. The number of cyclic esters (lactones) is 1. The number of nitrogens with two attached hydrogens (primary N) is 3. The van der Waals surface area contributed by atoms with Crippen LogP contribution in [-0.2, 0) is 78.3 Å². The lowest BCUT2D eigenvalue weighted by Crippen LogP contribution is -2.63. The third-order valence-electron chi connectivity index (χ3n) is 14.5. The molecular formula is C56H87N11O19. The summed E-state index contributed by atoms with van der Waals surface area (Å²) in [6, 6.07) is -8.23. The van der Waals surface area contributed by atoms with Crippen molar-refractivity contribution >= 4 is 82.9 Å². The molecule has 1 fully saturated rings. The van der Waals surface area contributed by atoms with E-state index in [9.17, 15) is 87.5 Å². The number of primary amides is 3. The molecule has 86 heavy (non-hydrogen) atoms. The van der Waals surface area contributed by atoms with Gasteiger partial charge < -0.3 is 84.1 Å². The predicted molar refractivity (Wildman–Crippen MR) is 304 cm³/mol. The average Bonchev–Trinajstić information content (AvgIpc) is 1.98. The van der Waals surface area contributed by atoms with Crippen LogP contribution in [0, 0.1) is 5.92 Å². The summed E-state index contributed by atoms with van der Waals surface area (Å²) in [5, 5.41) is 54.6. The van der Waals surface area contributed by atoms with Gasteiger partial charge in [-0.05, 0) is 37.7 Å². The second-order valence-electron chi connectivity index (χ2n) is 21.5. The van der Waals surface area contributed by atoms with Crippen LogP contribution in [0.2, 0.25) is 0 Å². The zero-order valence-corrected chi connectivity index (χ0v) is 49.4. The standard InChI is InChI=1S/C56H87N11O19/c1-6-31(2)18-14-11-9-7-8-10-12-17-21-44(73)64-47-32(3)86-56(85)35(23-25-45(74)75)61-49(78)34(22-24-41(57)70)60-51(80)38(26-33-19-15-13-16-20-33)66(4)55(84)39(28-42(58)71)67(5)54(83)37(30-68)63-53(82)48(40(69)29-43(59)72)65-50(79)36(27-46(76)77)62-52(47)81/h13,15-16,19-20,31-32,34-40,47-48,68-69H,6-12,14,17-18,21-30H2,1-5H3,(H2,57,70)(H2,58,71)(H2,59,72)(H,60,80)(H,61,78)(H,62,81)(H,63,82)(H,64,73)(H,65,79)(H,74,75)(H,76,77). The van der Waals surface area contributed by atoms with E-state index in [1.807, 2.05) is 5.32 Å². The Balaban J connectivity index is 2.88. The van der Waals surface area contributed by atoms with E-state index in [0.29, 0.717) is 29.2 Å². The van der Waals surface area contributed by atoms with Crippen molar-refractivity contribution < 1.29 is 92.3 Å². The van der Waals surface area contributed by atoms with E-state index >= 15 is 0 Å². The first-order valence-corrected chi connectivity index (χ1v) is 28.7. The maximum atomic E-state index is 14.6. The highest BCUT2D eigenvalue weighted by Gasteiger charge is 2.42. The van der Waals surface area contributed by atoms with E-state index in [-0.39, 0.29) is 12.8 Å². The number of benzene rings is 1. The van der Waals surface area contributed by atoms with Crippen LogP contribution in [0.25, 0.3) is 0 Å². The number of esters is 1. The molecule has 11 unspecified atom stereocenters. The molecule has 1 heterocycles. The molecule has 11 amide bonds. The first-order chi connectivity index (χ1) is 40.5. The number of hydrogen-bond acceptors (Lipinski definition) is 17. The summed E-state index contributed by atoms with van der Waals surface area (Å²) in [7, 11) is 2.03. The Morgan fingerprint density at radius 3 is 1.72 bits per heavy atom. The number of carbonyl (C=O) groups is 14. The number of hydrogen-bond donors (Lipinski definition) is 13. The number of likely N-dealkylation sites (N-methyl/N-ethyl adjacent to an activating group) is 2. The van der Waals surface area contributed by atoms with Crippen LogP contribution in [0.5, 0.6) is 0 Å². The Kier molecular flexibility index (Phi) is 32.5. The molecular weight excluding hydrogens is 1130 g/mol. The van der Waals surface area contributed by atoms with Gasteiger partial charge in [0.15, 0.2) is 0 Å². The normalized spacial score (nSPS) is 23.4. The minimum Gasteiger partial charge on any atom is -0.481 e. The Morgan fingerprint density at radius 1 is 0.616 bits per heavy atom. The van der Waals surface area contributed by atoms with E-state index < -0.39 is 195 Å². The highest BCUT2D eigenvalue weighted by molar-refractivity contribution is 6.00. The third-order valence-corrected chi connectivity index (χ3v) is 14.5. The van der Waals surface area contributed by atoms with Crippen LogP contribution in [0.3, 0.4) is 0 Å². The number of nitrogens with one attached hydrogen (secondary N) is 6. The molecule has 0 radical (unpaired) electrons. The number of aliphatic hydroxyl groups is 2. The van der Waals surface area contributed by atoms with Gasteiger partial charge in [0.1, 0.15) is 54.4 Å². The van der Waals surface area contributed by atoms with Crippen LogP contribution in [0.15, 0.2) is 30.3 Å². The van der Waals surface area contributed by atoms with E-state index in [4.69, 9.17) is 21.9 Å². The molecule has 0 bridgehead atoms. The topological polar surface area (TPSA) is 486 Å². The molecule has 0 aromatic heterocycles. The lowest BCUT2D eigenvalue weighted by atomic mass is 9.99. The molecule has 2 rings (SSSR count). The summed E-state index contributed by atoms with van der Waals surface area (Å²) in [5.74, 6) is -17.6. The number of rotatable bonds is 29. The molecule has 0 aliphatic carbocycles. The highest BCUT2D eigenvalue weighted by atomic mass is 16.5. The van der Waals surface area contributed by atoms with E-state index in [0.717, 1.165) is 77.3 Å². The monoisotopic (exact) mass is 1220 g/mol. The fourth-order valence-corrected chi connectivity index (χ4v) is 9.25. The number of amides is 11. The molecule has 0 saturated carbocycles. The largest absolute Gasteiger partial charge is 0.481 e. The van der Waals surface area contributed by atoms with Crippen molar-refractivity contribution in [3.05, 3.63) is 35.9 Å². The molecule has 16 N–H and O–H groups in total. The summed E-state index contributed by atoms with van der Waals surface area (Å²) in [4.78, 5) is 191. The minimum absolute atomic E-state index is 0.197. The van der Waals surface area contributed by atoms with Gasteiger partial charge in [0.2, 0.25) is 65.0 Å². The average molecular weight is 1220 g/mol. The smallest absolute Gasteiger partial charge is 0.329 e. The van der Waals surface area contributed by atoms with Gasteiger partial charge in [-0.1, -0.05) is 102 Å². The predicted octanol–water partition coefficient (Wildman–Crippen LogP) is -2.61. The van der Waals surface area contributed by atoms with Crippen molar-refractivity contribution in [2.24, 2.45) is 23.1 Å². The molecule has 30 heteroatoms. The highest BCUT2D eigenvalue weighted by Crippen LogP contribution is 2.19. The molecule has 30 nitrogen and oxygen atoms in total. The fourth-order valence-electron chi connectivity index (χ4n) is 9.25. The first-order valence-electron chi connectivity index (χ1n) is 28.7. The third kappa shape index (κ3) is 26.3. The number of carboxylic acids is 2. The van der Waals surface area contributed by atoms with E-state index in [1.165, 1.54) is 0 Å². The number of ether oxygens (including phenoxy) is 1. The van der Waals surface area contributed by atoms with E-state index in [2.05, 4.69) is 40.4 Å². The quantitative estimate of drug-likeness (QED) is 0.0289. The Morgan fingerprint density at radius 2 is 1.16 bits per heavy atom. The fraction of sp³-hybridized carbons (Fsp3) is 0.643. The van der Waals surface area contributed by atoms with Gasteiger partial charge in [-0.15, -0.1) is 0 Å². The van der Waals surface area contributed by atoms with Crippen molar-refractivity contribution in [3.8, 4) is 0 Å². The molecule has 0 spiro atoms. The number of carbonyl (C=O) groups excluding carboxylic acids is 12. The second-order valence-corrected chi connectivity index (χ2v) is 21.5. The number of aliphatic hydroxyl groups excluding tert-OH is 2. The summed E-state index contributed by atoms with van der Waals surface area (Å²) < 4.78 is 5.62. The van der Waals surface area contributed by atoms with Crippen molar-refractivity contribution in [2.75, 3.05) is 20.7 Å². The number of unbranched alkanes of at least 4 members (excludes halogenated alkanes) is 7.